The number of halogens is 1. The molecule has 0 aromatic heterocycles. The van der Waals surface area contributed by atoms with Crippen molar-refractivity contribution in [3.8, 4) is 5.75 Å². The summed E-state index contributed by atoms with van der Waals surface area (Å²) in [7, 11) is 0. The maximum atomic E-state index is 9.98. The molecule has 1 aromatic carbocycles. The van der Waals surface area contributed by atoms with E-state index in [1.165, 1.54) is 44.9 Å². The molecule has 1 aromatic rings. The van der Waals surface area contributed by atoms with Crippen molar-refractivity contribution >= 4 is 15.9 Å². The standard InChI is InChI=1S/C19H26BrNO/c20-17-3-4-18(22)16(7-17)11-21-12-19-8-13-1-2-14(9-19)6-15(5-13)10-19/h3-4,7,13-15,21-22H,1-2,5-6,8-12H2/t13-,14-,15?,19?/m1/s1. The Morgan fingerprint density at radius 3 is 2.50 bits per heavy atom. The van der Waals surface area contributed by atoms with Gasteiger partial charge in [-0.15, -0.1) is 0 Å². The van der Waals surface area contributed by atoms with Crippen LogP contribution in [0.4, 0.5) is 0 Å². The Morgan fingerprint density at radius 1 is 1.09 bits per heavy atom. The van der Waals surface area contributed by atoms with Gasteiger partial charge in [-0.2, -0.15) is 0 Å². The van der Waals surface area contributed by atoms with Crippen molar-refractivity contribution in [1.82, 2.24) is 5.32 Å². The lowest BCUT2D eigenvalue weighted by atomic mass is 9.58. The van der Waals surface area contributed by atoms with E-state index in [1.54, 1.807) is 6.07 Å². The largest absolute Gasteiger partial charge is 0.508 e. The maximum Gasteiger partial charge on any atom is 0.120 e. The van der Waals surface area contributed by atoms with Crippen LogP contribution in [0.5, 0.6) is 5.75 Å². The van der Waals surface area contributed by atoms with E-state index in [0.29, 0.717) is 11.2 Å². The van der Waals surface area contributed by atoms with Crippen molar-refractivity contribution in [2.45, 2.75) is 51.5 Å². The van der Waals surface area contributed by atoms with Crippen LogP contribution in [-0.2, 0) is 6.54 Å². The van der Waals surface area contributed by atoms with Gasteiger partial charge >= 0.3 is 0 Å². The molecule has 4 saturated carbocycles. The highest BCUT2D eigenvalue weighted by Gasteiger charge is 2.47. The average Bonchev–Trinajstić information content (AvgIpc) is 2.68. The summed E-state index contributed by atoms with van der Waals surface area (Å²) in [6, 6.07) is 5.69. The second-order valence-electron chi connectivity index (χ2n) is 8.14. The quantitative estimate of drug-likeness (QED) is 0.800. The summed E-state index contributed by atoms with van der Waals surface area (Å²) < 4.78 is 1.04. The number of phenolic OH excluding ortho intramolecular Hbond substituents is 1. The molecule has 2 nitrogen and oxygen atoms in total. The fourth-order valence-electron chi connectivity index (χ4n) is 5.75. The van der Waals surface area contributed by atoms with Crippen LogP contribution < -0.4 is 5.32 Å². The molecule has 2 N–H and O–H groups in total. The Hall–Kier alpha value is -0.540. The first-order valence-electron chi connectivity index (χ1n) is 8.80. The number of rotatable bonds is 4. The molecule has 4 aliphatic carbocycles. The first kappa shape index (κ1) is 15.0. The van der Waals surface area contributed by atoms with Crippen LogP contribution in [0.1, 0.15) is 50.5 Å². The van der Waals surface area contributed by atoms with Crippen molar-refractivity contribution in [3.63, 3.8) is 0 Å². The third-order valence-corrected chi connectivity index (χ3v) is 6.83. The van der Waals surface area contributed by atoms with E-state index in [2.05, 4.69) is 21.2 Å². The fourth-order valence-corrected chi connectivity index (χ4v) is 6.15. The number of phenols is 1. The van der Waals surface area contributed by atoms with Gasteiger partial charge in [-0.3, -0.25) is 0 Å². The van der Waals surface area contributed by atoms with Crippen molar-refractivity contribution < 1.29 is 5.11 Å². The van der Waals surface area contributed by atoms with Gasteiger partial charge in [0, 0.05) is 23.1 Å². The fraction of sp³-hybridized carbons (Fsp3) is 0.684. The van der Waals surface area contributed by atoms with Gasteiger partial charge in [0.05, 0.1) is 0 Å². The lowest BCUT2D eigenvalue weighted by Crippen LogP contribution is -2.44. The molecule has 4 fully saturated rings. The summed E-state index contributed by atoms with van der Waals surface area (Å²) in [6.45, 7) is 1.90. The molecular weight excluding hydrogens is 338 g/mol. The van der Waals surface area contributed by atoms with Gasteiger partial charge in [-0.05, 0) is 73.5 Å². The van der Waals surface area contributed by atoms with Crippen LogP contribution >= 0.6 is 15.9 Å². The molecule has 0 aliphatic heterocycles. The Balaban J connectivity index is 1.42. The minimum absolute atomic E-state index is 0.401. The molecule has 0 radical (unpaired) electrons. The van der Waals surface area contributed by atoms with Crippen LogP contribution in [0.15, 0.2) is 22.7 Å². The topological polar surface area (TPSA) is 32.3 Å². The van der Waals surface area contributed by atoms with Crippen LogP contribution in [0.2, 0.25) is 0 Å². The minimum Gasteiger partial charge on any atom is -0.508 e. The lowest BCUT2D eigenvalue weighted by molar-refractivity contribution is 0.0346. The molecule has 0 spiro atoms. The second-order valence-corrected chi connectivity index (χ2v) is 9.05. The highest BCUT2D eigenvalue weighted by Crippen LogP contribution is 2.57. The Labute approximate surface area is 141 Å². The predicted octanol–water partition coefficient (Wildman–Crippen LogP) is 4.85. The summed E-state index contributed by atoms with van der Waals surface area (Å²) in [5.74, 6) is 3.39. The maximum absolute atomic E-state index is 9.98. The van der Waals surface area contributed by atoms with Gasteiger partial charge in [-0.25, -0.2) is 0 Å². The van der Waals surface area contributed by atoms with Crippen molar-refractivity contribution in [2.75, 3.05) is 6.54 Å². The summed E-state index contributed by atoms with van der Waals surface area (Å²) >= 11 is 3.49. The highest BCUT2D eigenvalue weighted by molar-refractivity contribution is 9.10. The van der Waals surface area contributed by atoms with Crippen LogP contribution in [0, 0.1) is 23.2 Å². The zero-order chi connectivity index (χ0) is 15.2. The zero-order valence-corrected chi connectivity index (χ0v) is 14.7. The summed E-state index contributed by atoms with van der Waals surface area (Å²) in [4.78, 5) is 0. The number of hydrogen-bond acceptors (Lipinski definition) is 2. The molecule has 0 heterocycles. The van der Waals surface area contributed by atoms with Crippen LogP contribution in [0.3, 0.4) is 0 Å². The normalized spacial score (nSPS) is 36.5. The van der Waals surface area contributed by atoms with Crippen LogP contribution in [0.25, 0.3) is 0 Å². The summed E-state index contributed by atoms with van der Waals surface area (Å²) in [6.07, 6.45) is 10.3. The van der Waals surface area contributed by atoms with E-state index in [4.69, 9.17) is 0 Å². The molecule has 4 aliphatic rings. The molecule has 0 saturated heterocycles. The Morgan fingerprint density at radius 2 is 1.77 bits per heavy atom. The molecule has 0 unspecified atom stereocenters. The number of hydrogen-bond donors (Lipinski definition) is 2. The molecule has 4 bridgehead atoms. The third kappa shape index (κ3) is 2.94. The van der Waals surface area contributed by atoms with E-state index in [1.807, 2.05) is 12.1 Å². The Kier molecular flexibility index (Phi) is 3.98. The molecule has 120 valence electrons. The smallest absolute Gasteiger partial charge is 0.120 e. The van der Waals surface area contributed by atoms with Crippen molar-refractivity contribution in [2.24, 2.45) is 23.2 Å². The number of fused-ring (bicyclic) bond motifs is 1. The Bertz CT molecular complexity index is 542. The van der Waals surface area contributed by atoms with Gasteiger partial charge in [0.25, 0.3) is 0 Å². The monoisotopic (exact) mass is 363 g/mol. The first-order valence-corrected chi connectivity index (χ1v) is 9.59. The van der Waals surface area contributed by atoms with Crippen molar-refractivity contribution in [3.05, 3.63) is 28.2 Å². The van der Waals surface area contributed by atoms with E-state index in [0.717, 1.165) is 40.9 Å². The predicted molar refractivity (Wildman–Crippen MR) is 92.7 cm³/mol. The second kappa shape index (κ2) is 5.83. The van der Waals surface area contributed by atoms with Gasteiger partial charge in [0.1, 0.15) is 5.75 Å². The number of aromatic hydroxyl groups is 1. The van der Waals surface area contributed by atoms with Gasteiger partial charge in [-0.1, -0.05) is 28.8 Å². The third-order valence-electron chi connectivity index (χ3n) is 6.34. The molecular formula is C19H26BrNO. The molecule has 3 heteroatoms. The SMILES string of the molecule is Oc1ccc(Br)cc1CNCC12CC3C[C@@H](CC[C@H](C3)C1)C2. The van der Waals surface area contributed by atoms with E-state index in [-0.39, 0.29) is 0 Å². The van der Waals surface area contributed by atoms with Crippen LogP contribution in [-0.4, -0.2) is 11.7 Å². The number of benzene rings is 1. The van der Waals surface area contributed by atoms with Gasteiger partial charge in [0.15, 0.2) is 0 Å². The number of nitrogens with one attached hydrogen (secondary N) is 1. The molecule has 22 heavy (non-hydrogen) atoms. The minimum atomic E-state index is 0.401. The molecule has 2 atom stereocenters. The van der Waals surface area contributed by atoms with Crippen molar-refractivity contribution in [1.29, 1.82) is 0 Å². The first-order chi connectivity index (χ1) is 10.6. The average molecular weight is 364 g/mol. The van der Waals surface area contributed by atoms with E-state index < -0.39 is 0 Å². The molecule has 5 rings (SSSR count). The lowest BCUT2D eigenvalue weighted by Gasteiger charge is -2.48. The van der Waals surface area contributed by atoms with Gasteiger partial charge < -0.3 is 10.4 Å². The van der Waals surface area contributed by atoms with E-state index >= 15 is 0 Å². The van der Waals surface area contributed by atoms with Gasteiger partial charge in [0.2, 0.25) is 0 Å². The molecule has 0 amide bonds. The summed E-state index contributed by atoms with van der Waals surface area (Å²) in [5, 5.41) is 13.7. The zero-order valence-electron chi connectivity index (χ0n) is 13.2. The highest BCUT2D eigenvalue weighted by atomic mass is 79.9. The summed E-state index contributed by atoms with van der Waals surface area (Å²) in [5.41, 5.74) is 1.55. The van der Waals surface area contributed by atoms with E-state index in [9.17, 15) is 5.11 Å².